The van der Waals surface area contributed by atoms with Gasteiger partial charge in [0, 0.05) is 0 Å². The number of hydrogen-bond acceptors (Lipinski definition) is 5. The molecule has 7 heteroatoms. The van der Waals surface area contributed by atoms with Crippen LogP contribution in [0.25, 0.3) is 0 Å². The molecule has 0 radical (unpaired) electrons. The average molecular weight is 250 g/mol. The van der Waals surface area contributed by atoms with Crippen molar-refractivity contribution in [2.24, 2.45) is 5.84 Å². The van der Waals surface area contributed by atoms with Crippen LogP contribution in [0.4, 0.5) is 5.82 Å². The summed E-state index contributed by atoms with van der Waals surface area (Å²) in [4.78, 5) is 4.03. The van der Waals surface area contributed by atoms with Crippen LogP contribution in [-0.4, -0.2) is 24.3 Å². The van der Waals surface area contributed by atoms with Crippen molar-refractivity contribution in [3.05, 3.63) is 16.1 Å². The van der Waals surface area contributed by atoms with Gasteiger partial charge >= 0.3 is 0 Å². The third-order valence-electron chi connectivity index (χ3n) is 1.92. The highest BCUT2D eigenvalue weighted by molar-refractivity contribution is 6.36. The van der Waals surface area contributed by atoms with Crippen molar-refractivity contribution in [3.63, 3.8) is 0 Å². The van der Waals surface area contributed by atoms with Gasteiger partial charge in [-0.25, -0.2) is 5.84 Å². The highest BCUT2D eigenvalue weighted by Gasteiger charge is 2.22. The standard InChI is InChI=1S/C8H9Cl2N3O2/c9-5-1-6(10)8(12-7(5)13-11)15-4-2-14-3-4/h1,4H,2-3,11H2,(H,12,13). The van der Waals surface area contributed by atoms with E-state index in [1.807, 2.05) is 0 Å². The first-order valence-corrected chi connectivity index (χ1v) is 5.03. The van der Waals surface area contributed by atoms with Gasteiger partial charge < -0.3 is 14.9 Å². The van der Waals surface area contributed by atoms with Gasteiger partial charge in [-0.15, -0.1) is 0 Å². The molecule has 0 aliphatic carbocycles. The Morgan fingerprint density at radius 3 is 2.73 bits per heavy atom. The SMILES string of the molecule is NNc1nc(OC2COC2)c(Cl)cc1Cl. The molecule has 1 aliphatic rings. The second-order valence-electron chi connectivity index (χ2n) is 3.03. The maximum atomic E-state index is 5.90. The molecule has 0 spiro atoms. The molecule has 5 nitrogen and oxygen atoms in total. The zero-order chi connectivity index (χ0) is 10.8. The quantitative estimate of drug-likeness (QED) is 0.627. The fourth-order valence-electron chi connectivity index (χ4n) is 1.07. The van der Waals surface area contributed by atoms with Gasteiger partial charge in [0.1, 0.15) is 11.1 Å². The maximum absolute atomic E-state index is 5.90. The average Bonchev–Trinajstić information content (AvgIpc) is 2.14. The summed E-state index contributed by atoms with van der Waals surface area (Å²) in [7, 11) is 0. The number of nitrogens with zero attached hydrogens (tertiary/aromatic N) is 1. The first kappa shape index (κ1) is 10.8. The van der Waals surface area contributed by atoms with E-state index in [9.17, 15) is 0 Å². The van der Waals surface area contributed by atoms with E-state index in [4.69, 9.17) is 38.5 Å². The molecule has 1 saturated heterocycles. The summed E-state index contributed by atoms with van der Waals surface area (Å²) >= 11 is 11.7. The second-order valence-corrected chi connectivity index (χ2v) is 3.84. The molecule has 1 fully saturated rings. The topological polar surface area (TPSA) is 69.4 Å². The van der Waals surface area contributed by atoms with Gasteiger partial charge in [0.2, 0.25) is 5.88 Å². The number of nitrogen functional groups attached to an aromatic ring is 1. The van der Waals surface area contributed by atoms with Gasteiger partial charge in [-0.2, -0.15) is 4.98 Å². The van der Waals surface area contributed by atoms with Crippen LogP contribution < -0.4 is 16.0 Å². The number of anilines is 1. The van der Waals surface area contributed by atoms with Crippen LogP contribution in [0.5, 0.6) is 5.88 Å². The fraction of sp³-hybridized carbons (Fsp3) is 0.375. The fourth-order valence-corrected chi connectivity index (χ4v) is 1.53. The lowest BCUT2D eigenvalue weighted by molar-refractivity contribution is -0.0812. The number of aromatic nitrogens is 1. The summed E-state index contributed by atoms with van der Waals surface area (Å²) in [6.45, 7) is 1.10. The number of nitrogens with two attached hydrogens (primary N) is 1. The molecule has 1 aromatic rings. The van der Waals surface area contributed by atoms with E-state index in [1.54, 1.807) is 0 Å². The molecule has 0 aromatic carbocycles. The minimum absolute atomic E-state index is 0.00167. The second kappa shape index (κ2) is 4.40. The Balaban J connectivity index is 2.21. The molecule has 15 heavy (non-hydrogen) atoms. The summed E-state index contributed by atoms with van der Waals surface area (Å²) in [5.74, 6) is 5.86. The molecule has 1 aromatic heterocycles. The summed E-state index contributed by atoms with van der Waals surface area (Å²) in [6, 6.07) is 1.53. The van der Waals surface area contributed by atoms with Gasteiger partial charge in [-0.3, -0.25) is 0 Å². The molecular formula is C8H9Cl2N3O2. The van der Waals surface area contributed by atoms with Crippen molar-refractivity contribution in [2.75, 3.05) is 18.6 Å². The molecule has 1 aliphatic heterocycles. The molecular weight excluding hydrogens is 241 g/mol. The van der Waals surface area contributed by atoms with E-state index in [2.05, 4.69) is 10.4 Å². The van der Waals surface area contributed by atoms with Gasteiger partial charge in [0.25, 0.3) is 0 Å². The van der Waals surface area contributed by atoms with E-state index in [-0.39, 0.29) is 6.10 Å². The van der Waals surface area contributed by atoms with Gasteiger partial charge in [-0.05, 0) is 6.07 Å². The van der Waals surface area contributed by atoms with Gasteiger partial charge in [0.15, 0.2) is 5.82 Å². The molecule has 0 atom stereocenters. The first-order valence-electron chi connectivity index (χ1n) is 4.27. The predicted octanol–water partition coefficient (Wildman–Crippen LogP) is 1.45. The highest BCUT2D eigenvalue weighted by Crippen LogP contribution is 2.31. The van der Waals surface area contributed by atoms with Crippen LogP contribution in [0, 0.1) is 0 Å². The summed E-state index contributed by atoms with van der Waals surface area (Å²) in [5, 5.41) is 0.700. The zero-order valence-electron chi connectivity index (χ0n) is 7.67. The van der Waals surface area contributed by atoms with Crippen LogP contribution in [-0.2, 0) is 4.74 Å². The summed E-state index contributed by atoms with van der Waals surface area (Å²) < 4.78 is 10.4. The molecule has 0 saturated carbocycles. The monoisotopic (exact) mass is 249 g/mol. The maximum Gasteiger partial charge on any atom is 0.235 e. The Labute approximate surface area is 96.4 Å². The third-order valence-corrected chi connectivity index (χ3v) is 2.48. The normalized spacial score (nSPS) is 15.9. The van der Waals surface area contributed by atoms with E-state index >= 15 is 0 Å². The molecule has 82 valence electrons. The highest BCUT2D eigenvalue weighted by atomic mass is 35.5. The van der Waals surface area contributed by atoms with E-state index in [0.29, 0.717) is 35.0 Å². The number of pyridine rings is 1. The van der Waals surface area contributed by atoms with Gasteiger partial charge in [0.05, 0.1) is 18.2 Å². The van der Waals surface area contributed by atoms with Crippen molar-refractivity contribution < 1.29 is 9.47 Å². The van der Waals surface area contributed by atoms with Crippen LogP contribution in [0.15, 0.2) is 6.07 Å². The number of ether oxygens (including phenoxy) is 2. The Kier molecular flexibility index (Phi) is 3.16. The van der Waals surface area contributed by atoms with Crippen LogP contribution in [0.3, 0.4) is 0 Å². The number of rotatable bonds is 3. The predicted molar refractivity (Wildman–Crippen MR) is 57.3 cm³/mol. The van der Waals surface area contributed by atoms with Crippen molar-refractivity contribution in [1.29, 1.82) is 0 Å². The smallest absolute Gasteiger partial charge is 0.235 e. The van der Waals surface area contributed by atoms with E-state index in [0.717, 1.165) is 0 Å². The number of nitrogens with one attached hydrogen (secondary N) is 1. The minimum Gasteiger partial charge on any atom is -0.468 e. The lowest BCUT2D eigenvalue weighted by Crippen LogP contribution is -2.38. The van der Waals surface area contributed by atoms with Crippen molar-refractivity contribution in [3.8, 4) is 5.88 Å². The number of hydrazine groups is 1. The van der Waals surface area contributed by atoms with Crippen molar-refractivity contribution >= 4 is 29.0 Å². The van der Waals surface area contributed by atoms with Gasteiger partial charge in [-0.1, -0.05) is 23.2 Å². The third kappa shape index (κ3) is 2.26. The lowest BCUT2D eigenvalue weighted by atomic mass is 10.3. The van der Waals surface area contributed by atoms with Crippen molar-refractivity contribution in [2.45, 2.75) is 6.10 Å². The molecule has 3 N–H and O–H groups in total. The molecule has 2 rings (SSSR count). The Morgan fingerprint density at radius 1 is 1.47 bits per heavy atom. The molecule has 2 heterocycles. The summed E-state index contributed by atoms with van der Waals surface area (Å²) in [5.41, 5.74) is 2.36. The minimum atomic E-state index is 0.00167. The lowest BCUT2D eigenvalue weighted by Gasteiger charge is -2.26. The molecule has 0 unspecified atom stereocenters. The zero-order valence-corrected chi connectivity index (χ0v) is 9.18. The number of halogens is 2. The largest absolute Gasteiger partial charge is 0.468 e. The first-order chi connectivity index (χ1) is 7.20. The molecule has 0 bridgehead atoms. The number of hydrogen-bond donors (Lipinski definition) is 2. The molecule has 0 amide bonds. The summed E-state index contributed by atoms with van der Waals surface area (Å²) in [6.07, 6.45) is 0.00167. The van der Waals surface area contributed by atoms with Crippen molar-refractivity contribution in [1.82, 2.24) is 4.98 Å². The van der Waals surface area contributed by atoms with Crippen LogP contribution in [0.1, 0.15) is 0 Å². The van der Waals surface area contributed by atoms with Crippen LogP contribution in [0.2, 0.25) is 10.0 Å². The van der Waals surface area contributed by atoms with E-state index < -0.39 is 0 Å². The Hall–Kier alpha value is -0.750. The Bertz CT molecular complexity index is 371. The Morgan fingerprint density at radius 2 is 2.20 bits per heavy atom. The van der Waals surface area contributed by atoms with E-state index in [1.165, 1.54) is 6.07 Å². The van der Waals surface area contributed by atoms with Crippen LogP contribution >= 0.6 is 23.2 Å².